The van der Waals surface area contributed by atoms with Crippen molar-refractivity contribution < 1.29 is 9.47 Å². The molecule has 3 aromatic rings. The van der Waals surface area contributed by atoms with Crippen molar-refractivity contribution in [3.63, 3.8) is 0 Å². The molecule has 196 valence electrons. The van der Waals surface area contributed by atoms with Gasteiger partial charge in [-0.3, -0.25) is 0 Å². The Kier molecular flexibility index (Phi) is 8.77. The number of aryl methyl sites for hydroxylation is 1. The Morgan fingerprint density at radius 1 is 1.22 bits per heavy atom. The summed E-state index contributed by atoms with van der Waals surface area (Å²) in [6.45, 7) is 14.1. The number of anilines is 2. The Bertz CT molecular complexity index is 1260. The molecule has 0 bridgehead atoms. The van der Waals surface area contributed by atoms with Crippen LogP contribution in [0, 0.1) is 18.3 Å². The van der Waals surface area contributed by atoms with E-state index in [9.17, 15) is 5.26 Å². The normalized spacial score (nSPS) is 12.2. The van der Waals surface area contributed by atoms with E-state index in [-0.39, 0.29) is 5.28 Å². The second-order valence-electron chi connectivity index (χ2n) is 10.4. The minimum Gasteiger partial charge on any atom is -0.476 e. The van der Waals surface area contributed by atoms with Gasteiger partial charge in [-0.15, -0.1) is 0 Å². The van der Waals surface area contributed by atoms with Crippen molar-refractivity contribution >= 4 is 53.8 Å². The number of fused-ring (bicyclic) bond motifs is 1. The monoisotopic (exact) mass is 552 g/mol. The van der Waals surface area contributed by atoms with Crippen LogP contribution in [0.25, 0.3) is 11.0 Å². The molecule has 13 heteroatoms. The fourth-order valence-electron chi connectivity index (χ4n) is 3.41. The molecule has 0 fully saturated rings. The molecule has 36 heavy (non-hydrogen) atoms. The van der Waals surface area contributed by atoms with Gasteiger partial charge < -0.3 is 25.1 Å². The van der Waals surface area contributed by atoms with Gasteiger partial charge in [0.05, 0.1) is 28.8 Å². The van der Waals surface area contributed by atoms with E-state index >= 15 is 0 Å². The maximum absolute atomic E-state index is 9.47. The number of ether oxygens (including phenoxy) is 2. The number of halogens is 2. The first-order chi connectivity index (χ1) is 16.8. The number of nitriles is 1. The average Bonchev–Trinajstić information content (AvgIpc) is 3.26. The molecule has 0 amide bonds. The first-order valence-corrected chi connectivity index (χ1v) is 16.2. The molecule has 3 rings (SSSR count). The quantitative estimate of drug-likeness (QED) is 0.176. The van der Waals surface area contributed by atoms with E-state index in [1.165, 1.54) is 4.68 Å². The van der Waals surface area contributed by atoms with Crippen molar-refractivity contribution in [2.45, 2.75) is 65.1 Å². The van der Waals surface area contributed by atoms with Crippen LogP contribution in [-0.4, -0.2) is 52.1 Å². The van der Waals surface area contributed by atoms with E-state index in [2.05, 4.69) is 46.1 Å². The Hall–Kier alpha value is -2.52. The van der Waals surface area contributed by atoms with Crippen LogP contribution in [0.2, 0.25) is 36.0 Å². The third-order valence-electron chi connectivity index (χ3n) is 5.59. The number of nitrogen functional groups attached to an aromatic ring is 1. The minimum absolute atomic E-state index is 0.116. The SMILES string of the molecule is Cc1nn(C(C)(C)C#N)c(OCCCNc2nc(Cl)nc3c2c(Cl)cn3COCC[Si](C)(C)C)c1N. The van der Waals surface area contributed by atoms with Gasteiger partial charge in [0.2, 0.25) is 11.2 Å². The van der Waals surface area contributed by atoms with Gasteiger partial charge in [-0.05, 0) is 44.8 Å². The van der Waals surface area contributed by atoms with Crippen LogP contribution in [0.3, 0.4) is 0 Å². The Morgan fingerprint density at radius 3 is 2.61 bits per heavy atom. The summed E-state index contributed by atoms with van der Waals surface area (Å²) >= 11 is 12.7. The van der Waals surface area contributed by atoms with Crippen molar-refractivity contribution in [3.8, 4) is 11.9 Å². The zero-order valence-corrected chi connectivity index (χ0v) is 24.2. The maximum Gasteiger partial charge on any atom is 0.237 e. The summed E-state index contributed by atoms with van der Waals surface area (Å²) in [5, 5.41) is 18.4. The molecule has 0 unspecified atom stereocenters. The summed E-state index contributed by atoms with van der Waals surface area (Å²) in [5.74, 6) is 0.933. The lowest BCUT2D eigenvalue weighted by molar-refractivity contribution is 0.0899. The molecule has 0 aliphatic heterocycles. The van der Waals surface area contributed by atoms with Crippen LogP contribution in [0.4, 0.5) is 11.5 Å². The smallest absolute Gasteiger partial charge is 0.237 e. The number of nitrogens with one attached hydrogen (secondary N) is 1. The third kappa shape index (κ3) is 6.62. The summed E-state index contributed by atoms with van der Waals surface area (Å²) in [4.78, 5) is 8.70. The molecule has 0 atom stereocenters. The van der Waals surface area contributed by atoms with Crippen LogP contribution >= 0.6 is 23.2 Å². The van der Waals surface area contributed by atoms with E-state index < -0.39 is 13.6 Å². The average molecular weight is 554 g/mol. The largest absolute Gasteiger partial charge is 0.476 e. The second-order valence-corrected chi connectivity index (χ2v) is 16.7. The van der Waals surface area contributed by atoms with Gasteiger partial charge in [0.15, 0.2) is 5.65 Å². The van der Waals surface area contributed by atoms with Crippen molar-refractivity contribution in [1.82, 2.24) is 24.3 Å². The van der Waals surface area contributed by atoms with E-state index in [1.54, 1.807) is 27.0 Å². The number of nitrogens with zero attached hydrogens (tertiary/aromatic N) is 6. The van der Waals surface area contributed by atoms with Gasteiger partial charge in [-0.1, -0.05) is 31.2 Å². The zero-order chi connectivity index (χ0) is 26.7. The molecule has 3 heterocycles. The molecule has 0 saturated heterocycles. The Balaban J connectivity index is 1.64. The number of hydrogen-bond acceptors (Lipinski definition) is 8. The zero-order valence-electron chi connectivity index (χ0n) is 21.7. The van der Waals surface area contributed by atoms with Gasteiger partial charge >= 0.3 is 0 Å². The van der Waals surface area contributed by atoms with E-state index in [0.29, 0.717) is 72.0 Å². The first kappa shape index (κ1) is 28.1. The van der Waals surface area contributed by atoms with Gasteiger partial charge in [0, 0.05) is 27.4 Å². The lowest BCUT2D eigenvalue weighted by Gasteiger charge is -2.19. The van der Waals surface area contributed by atoms with Crippen molar-refractivity contribution in [2.24, 2.45) is 0 Å². The van der Waals surface area contributed by atoms with Crippen LogP contribution in [0.15, 0.2) is 6.20 Å². The number of rotatable bonds is 12. The highest BCUT2D eigenvalue weighted by molar-refractivity contribution is 6.76. The summed E-state index contributed by atoms with van der Waals surface area (Å²) in [6, 6.07) is 3.29. The highest BCUT2D eigenvalue weighted by Gasteiger charge is 2.27. The lowest BCUT2D eigenvalue weighted by atomic mass is 10.1. The number of aromatic nitrogens is 5. The fraction of sp³-hybridized carbons (Fsp3) is 0.565. The lowest BCUT2D eigenvalue weighted by Crippen LogP contribution is -2.26. The summed E-state index contributed by atoms with van der Waals surface area (Å²) in [6.07, 6.45) is 2.40. The van der Waals surface area contributed by atoms with E-state index in [0.717, 1.165) is 6.04 Å². The molecule has 0 aliphatic rings. The fourth-order valence-corrected chi connectivity index (χ4v) is 4.62. The molecule has 0 aliphatic carbocycles. The predicted octanol–water partition coefficient (Wildman–Crippen LogP) is 5.28. The topological polar surface area (TPSA) is 129 Å². The van der Waals surface area contributed by atoms with Gasteiger partial charge in [-0.25, -0.2) is 4.68 Å². The van der Waals surface area contributed by atoms with Gasteiger partial charge in [-0.2, -0.15) is 20.3 Å². The molecular formula is C23H34Cl2N8O2Si. The molecule has 3 N–H and O–H groups in total. The van der Waals surface area contributed by atoms with E-state index in [4.69, 9.17) is 38.4 Å². The third-order valence-corrected chi connectivity index (χ3v) is 7.75. The molecule has 0 radical (unpaired) electrons. The van der Waals surface area contributed by atoms with Crippen LogP contribution in [-0.2, 0) is 17.0 Å². The highest BCUT2D eigenvalue weighted by atomic mass is 35.5. The summed E-state index contributed by atoms with van der Waals surface area (Å²) < 4.78 is 15.1. The predicted molar refractivity (Wildman–Crippen MR) is 147 cm³/mol. The molecule has 0 saturated carbocycles. The van der Waals surface area contributed by atoms with Crippen LogP contribution in [0.5, 0.6) is 5.88 Å². The first-order valence-electron chi connectivity index (χ1n) is 11.8. The molecule has 0 aromatic carbocycles. The maximum atomic E-state index is 9.47. The summed E-state index contributed by atoms with van der Waals surface area (Å²) in [7, 11) is -1.18. The van der Waals surface area contributed by atoms with Crippen LogP contribution < -0.4 is 15.8 Å². The van der Waals surface area contributed by atoms with Crippen molar-refractivity contribution in [2.75, 3.05) is 30.8 Å². The van der Waals surface area contributed by atoms with E-state index in [1.807, 2.05) is 4.57 Å². The van der Waals surface area contributed by atoms with Gasteiger partial charge in [0.1, 0.15) is 23.8 Å². The Labute approximate surface area is 222 Å². The molecule has 10 nitrogen and oxygen atoms in total. The van der Waals surface area contributed by atoms with Gasteiger partial charge in [0.25, 0.3) is 0 Å². The number of nitrogens with two attached hydrogens (primary N) is 1. The molecular weight excluding hydrogens is 519 g/mol. The Morgan fingerprint density at radius 2 is 1.94 bits per heavy atom. The van der Waals surface area contributed by atoms with Crippen molar-refractivity contribution in [3.05, 3.63) is 22.2 Å². The minimum atomic E-state index is -1.18. The van der Waals surface area contributed by atoms with Crippen molar-refractivity contribution in [1.29, 1.82) is 5.26 Å². The number of hydrogen-bond donors (Lipinski definition) is 2. The standard InChI is InChI=1S/C23H34Cl2N8O2Si/c1-15-18(27)21(33(31-15)23(2,3)13-26)35-9-7-8-28-19-17-16(24)12-32(20(17)30-22(25)29-19)14-34-10-11-36(4,5)6/h12H,7-11,14,27H2,1-6H3,(H,28,29,30). The molecule has 0 spiro atoms. The highest BCUT2D eigenvalue weighted by Crippen LogP contribution is 2.32. The van der Waals surface area contributed by atoms with Crippen LogP contribution in [0.1, 0.15) is 26.0 Å². The second kappa shape index (κ2) is 11.3. The molecule has 3 aromatic heterocycles. The summed E-state index contributed by atoms with van der Waals surface area (Å²) in [5.41, 5.74) is 6.90.